The molecule has 0 spiro atoms. The van der Waals surface area contributed by atoms with Crippen LogP contribution in [0.1, 0.15) is 5.56 Å². The Hall–Kier alpha value is -2.22. The van der Waals surface area contributed by atoms with E-state index in [1.165, 1.54) is 24.3 Å². The summed E-state index contributed by atoms with van der Waals surface area (Å²) in [5.74, 6) is -1.99. The largest absolute Gasteiger partial charge is 0.480 e. The summed E-state index contributed by atoms with van der Waals surface area (Å²) in [7, 11) is 0. The first-order valence-corrected chi connectivity index (χ1v) is 5.59. The first-order chi connectivity index (χ1) is 9.42. The van der Waals surface area contributed by atoms with Crippen LogP contribution in [0.3, 0.4) is 0 Å². The van der Waals surface area contributed by atoms with Crippen LogP contribution >= 0.6 is 0 Å². The lowest BCUT2D eigenvalue weighted by Crippen LogP contribution is -2.43. The van der Waals surface area contributed by atoms with Gasteiger partial charge in [-0.05, 0) is 17.7 Å². The molecule has 20 heavy (non-hydrogen) atoms. The first kappa shape index (κ1) is 15.8. The minimum absolute atomic E-state index is 0.0390. The number of ether oxygens (including phenoxy) is 1. The fourth-order valence-electron chi connectivity index (χ4n) is 1.40. The molecule has 0 heterocycles. The van der Waals surface area contributed by atoms with Crippen LogP contribution in [0.5, 0.6) is 5.75 Å². The monoisotopic (exact) mass is 289 g/mol. The maximum Gasteiger partial charge on any atom is 0.387 e. The van der Waals surface area contributed by atoms with Crippen LogP contribution in [0.4, 0.5) is 8.78 Å². The van der Waals surface area contributed by atoms with Gasteiger partial charge in [-0.2, -0.15) is 8.78 Å². The van der Waals surface area contributed by atoms with Crippen molar-refractivity contribution in [2.45, 2.75) is 19.1 Å². The van der Waals surface area contributed by atoms with Gasteiger partial charge in [-0.1, -0.05) is 12.1 Å². The third-order valence-corrected chi connectivity index (χ3v) is 2.33. The Balaban J connectivity index is 2.55. The van der Waals surface area contributed by atoms with Crippen molar-refractivity contribution >= 4 is 11.9 Å². The molecule has 6 nitrogen and oxygen atoms in total. The van der Waals surface area contributed by atoms with Gasteiger partial charge in [0.05, 0.1) is 13.0 Å². The molecular weight excluding hydrogens is 276 g/mol. The van der Waals surface area contributed by atoms with E-state index in [4.69, 9.17) is 10.2 Å². The molecule has 1 amide bonds. The van der Waals surface area contributed by atoms with E-state index in [0.29, 0.717) is 5.56 Å². The van der Waals surface area contributed by atoms with E-state index < -0.39 is 31.1 Å². The summed E-state index contributed by atoms with van der Waals surface area (Å²) in [5.41, 5.74) is 0.492. The first-order valence-electron chi connectivity index (χ1n) is 5.59. The number of benzene rings is 1. The summed E-state index contributed by atoms with van der Waals surface area (Å²) in [6.45, 7) is -3.65. The molecule has 0 bridgehead atoms. The fraction of sp³-hybridized carbons (Fsp3) is 0.333. The van der Waals surface area contributed by atoms with Crippen molar-refractivity contribution in [3.8, 4) is 5.75 Å². The topological polar surface area (TPSA) is 95.9 Å². The normalized spacial score (nSPS) is 12.0. The van der Waals surface area contributed by atoms with Crippen molar-refractivity contribution in [3.63, 3.8) is 0 Å². The molecule has 1 aromatic rings. The molecule has 1 aromatic carbocycles. The fourth-order valence-corrected chi connectivity index (χ4v) is 1.40. The summed E-state index contributed by atoms with van der Waals surface area (Å²) < 4.78 is 28.0. The van der Waals surface area contributed by atoms with Gasteiger partial charge in [0.15, 0.2) is 0 Å². The number of hydrogen-bond acceptors (Lipinski definition) is 4. The summed E-state index contributed by atoms with van der Waals surface area (Å²) >= 11 is 0. The molecule has 3 N–H and O–H groups in total. The minimum Gasteiger partial charge on any atom is -0.480 e. The van der Waals surface area contributed by atoms with Gasteiger partial charge < -0.3 is 20.3 Å². The van der Waals surface area contributed by atoms with Gasteiger partial charge in [0.25, 0.3) is 0 Å². The van der Waals surface area contributed by atoms with E-state index in [9.17, 15) is 18.4 Å². The van der Waals surface area contributed by atoms with Crippen LogP contribution in [0, 0.1) is 0 Å². The molecule has 0 saturated carbocycles. The molecule has 1 rings (SSSR count). The third kappa shape index (κ3) is 5.19. The lowest BCUT2D eigenvalue weighted by Gasteiger charge is -2.11. The number of carboxylic acid groups (broad SMARTS) is 1. The van der Waals surface area contributed by atoms with Gasteiger partial charge in [-0.3, -0.25) is 4.79 Å². The number of aliphatic hydroxyl groups is 1. The second-order valence-corrected chi connectivity index (χ2v) is 3.84. The molecule has 0 saturated heterocycles. The highest BCUT2D eigenvalue weighted by atomic mass is 19.3. The molecule has 1 atom stereocenters. The zero-order valence-electron chi connectivity index (χ0n) is 10.3. The maximum atomic E-state index is 11.9. The van der Waals surface area contributed by atoms with Crippen LogP contribution in [-0.4, -0.2) is 41.3 Å². The highest BCUT2D eigenvalue weighted by Gasteiger charge is 2.18. The van der Waals surface area contributed by atoms with Crippen molar-refractivity contribution in [2.75, 3.05) is 6.61 Å². The Labute approximate surface area is 113 Å². The summed E-state index contributed by atoms with van der Waals surface area (Å²) in [5, 5.41) is 19.5. The Bertz CT molecular complexity index is 463. The zero-order chi connectivity index (χ0) is 15.1. The molecular formula is C12H13F2NO5. The molecule has 0 radical (unpaired) electrons. The van der Waals surface area contributed by atoms with Crippen LogP contribution in [-0.2, 0) is 16.0 Å². The number of aliphatic carboxylic acids is 1. The van der Waals surface area contributed by atoms with E-state index in [2.05, 4.69) is 10.1 Å². The molecule has 0 fully saturated rings. The van der Waals surface area contributed by atoms with E-state index in [1.807, 2.05) is 0 Å². The third-order valence-electron chi connectivity index (χ3n) is 2.33. The number of amides is 1. The number of carbonyl (C=O) groups excluding carboxylic acids is 1. The van der Waals surface area contributed by atoms with Gasteiger partial charge in [0.1, 0.15) is 11.8 Å². The second-order valence-electron chi connectivity index (χ2n) is 3.84. The molecule has 0 aromatic heterocycles. The average molecular weight is 289 g/mol. The lowest BCUT2D eigenvalue weighted by molar-refractivity contribution is -0.142. The van der Waals surface area contributed by atoms with E-state index >= 15 is 0 Å². The molecule has 110 valence electrons. The number of carbonyl (C=O) groups is 2. The molecule has 0 unspecified atom stereocenters. The number of halogens is 2. The molecule has 0 aliphatic heterocycles. The number of nitrogens with one attached hydrogen (secondary N) is 1. The second kappa shape index (κ2) is 7.39. The predicted octanol–water partition coefficient (Wildman–Crippen LogP) is 0.392. The van der Waals surface area contributed by atoms with E-state index in [0.717, 1.165) is 0 Å². The predicted molar refractivity (Wildman–Crippen MR) is 63.4 cm³/mol. The van der Waals surface area contributed by atoms with Crippen LogP contribution in [0.2, 0.25) is 0 Å². The van der Waals surface area contributed by atoms with Crippen molar-refractivity contribution < 1.29 is 33.3 Å². The van der Waals surface area contributed by atoms with Crippen molar-refractivity contribution in [1.82, 2.24) is 5.32 Å². The van der Waals surface area contributed by atoms with Gasteiger partial charge in [0, 0.05) is 0 Å². The maximum absolute atomic E-state index is 11.9. The van der Waals surface area contributed by atoms with E-state index in [-0.39, 0.29) is 12.2 Å². The van der Waals surface area contributed by atoms with Crippen LogP contribution in [0.25, 0.3) is 0 Å². The Kier molecular flexibility index (Phi) is 5.85. The minimum atomic E-state index is -2.93. The van der Waals surface area contributed by atoms with Crippen LogP contribution < -0.4 is 10.1 Å². The smallest absolute Gasteiger partial charge is 0.387 e. The number of alkyl halides is 2. The van der Waals surface area contributed by atoms with Gasteiger partial charge >= 0.3 is 12.6 Å². The lowest BCUT2D eigenvalue weighted by atomic mass is 10.1. The summed E-state index contributed by atoms with van der Waals surface area (Å²) in [4.78, 5) is 22.1. The highest BCUT2D eigenvalue weighted by Crippen LogP contribution is 2.15. The summed E-state index contributed by atoms with van der Waals surface area (Å²) in [6, 6.07) is 3.99. The SMILES string of the molecule is O=C(Cc1ccc(OC(F)F)cc1)N[C@H](CO)C(=O)O. The molecule has 0 aliphatic carbocycles. The average Bonchev–Trinajstić information content (AvgIpc) is 2.37. The number of hydrogen-bond donors (Lipinski definition) is 3. The number of rotatable bonds is 7. The van der Waals surface area contributed by atoms with Gasteiger partial charge in [-0.15, -0.1) is 0 Å². The van der Waals surface area contributed by atoms with Gasteiger partial charge in [0.2, 0.25) is 5.91 Å². The number of carboxylic acids is 1. The Morgan fingerprint density at radius 1 is 1.25 bits per heavy atom. The van der Waals surface area contributed by atoms with Gasteiger partial charge in [-0.25, -0.2) is 4.79 Å². The standard InChI is InChI=1S/C12H13F2NO5/c13-12(14)20-8-3-1-7(2-4-8)5-10(17)15-9(6-16)11(18)19/h1-4,9,12,16H,5-6H2,(H,15,17)(H,18,19)/t9-/m1/s1. The Morgan fingerprint density at radius 3 is 2.30 bits per heavy atom. The summed E-state index contributed by atoms with van der Waals surface area (Å²) in [6.07, 6.45) is -0.140. The van der Waals surface area contributed by atoms with Crippen molar-refractivity contribution in [3.05, 3.63) is 29.8 Å². The van der Waals surface area contributed by atoms with E-state index in [1.54, 1.807) is 0 Å². The quantitative estimate of drug-likeness (QED) is 0.675. The van der Waals surface area contributed by atoms with Crippen molar-refractivity contribution in [2.24, 2.45) is 0 Å². The highest BCUT2D eigenvalue weighted by molar-refractivity contribution is 5.84. The van der Waals surface area contributed by atoms with Crippen molar-refractivity contribution in [1.29, 1.82) is 0 Å². The number of aliphatic hydroxyl groups excluding tert-OH is 1. The Morgan fingerprint density at radius 2 is 1.85 bits per heavy atom. The zero-order valence-corrected chi connectivity index (χ0v) is 10.3. The molecule has 0 aliphatic rings. The van der Waals surface area contributed by atoms with Crippen LogP contribution in [0.15, 0.2) is 24.3 Å². The molecule has 8 heteroatoms.